The molecule has 0 spiro atoms. The first-order valence-electron chi connectivity index (χ1n) is 6.77. The number of nitrogens with one attached hydrogen (secondary N) is 2. The summed E-state index contributed by atoms with van der Waals surface area (Å²) in [7, 11) is -3.65. The molecule has 0 aliphatic carbocycles. The summed E-state index contributed by atoms with van der Waals surface area (Å²) in [6.45, 7) is 10.9. The summed E-state index contributed by atoms with van der Waals surface area (Å²) in [4.78, 5) is 12.2. The van der Waals surface area contributed by atoms with Crippen molar-refractivity contribution >= 4 is 15.9 Å². The van der Waals surface area contributed by atoms with Crippen molar-refractivity contribution in [1.82, 2.24) is 10.0 Å². The Hall–Kier alpha value is -1.40. The van der Waals surface area contributed by atoms with Gasteiger partial charge in [0.05, 0.1) is 4.90 Å². The minimum Gasteiger partial charge on any atom is -0.347 e. The Labute approximate surface area is 127 Å². The van der Waals surface area contributed by atoms with Gasteiger partial charge in [0.2, 0.25) is 10.0 Å². The van der Waals surface area contributed by atoms with Gasteiger partial charge in [0, 0.05) is 16.6 Å². The Balaban J connectivity index is 3.09. The van der Waals surface area contributed by atoms with Gasteiger partial charge in [0.15, 0.2) is 0 Å². The summed E-state index contributed by atoms with van der Waals surface area (Å²) < 4.78 is 27.1. The van der Waals surface area contributed by atoms with Gasteiger partial charge in [-0.15, -0.1) is 0 Å². The van der Waals surface area contributed by atoms with Crippen molar-refractivity contribution < 1.29 is 13.2 Å². The van der Waals surface area contributed by atoms with Crippen LogP contribution in [0.1, 0.15) is 51.9 Å². The van der Waals surface area contributed by atoms with E-state index in [1.54, 1.807) is 32.9 Å². The summed E-state index contributed by atoms with van der Waals surface area (Å²) in [5.41, 5.74) is -0.639. The molecule has 0 fully saturated rings. The maximum atomic E-state index is 12.3. The topological polar surface area (TPSA) is 75.3 Å². The molecule has 0 aromatic heterocycles. The smallest absolute Gasteiger partial charge is 0.251 e. The van der Waals surface area contributed by atoms with E-state index < -0.39 is 15.6 Å². The molecule has 0 saturated carbocycles. The quantitative estimate of drug-likeness (QED) is 0.899. The highest BCUT2D eigenvalue weighted by atomic mass is 32.2. The van der Waals surface area contributed by atoms with Crippen LogP contribution in [0, 0.1) is 0 Å². The molecule has 0 saturated heterocycles. The maximum absolute atomic E-state index is 12.3. The number of sulfonamides is 1. The van der Waals surface area contributed by atoms with Crippen LogP contribution in [0.3, 0.4) is 0 Å². The van der Waals surface area contributed by atoms with Crippen LogP contribution in [0.4, 0.5) is 0 Å². The summed E-state index contributed by atoms with van der Waals surface area (Å²) in [6, 6.07) is 6.02. The number of amides is 1. The number of benzene rings is 1. The predicted octanol–water partition coefficient (Wildman–Crippen LogP) is 2.29. The van der Waals surface area contributed by atoms with Crippen molar-refractivity contribution in [3.8, 4) is 0 Å². The van der Waals surface area contributed by atoms with E-state index in [-0.39, 0.29) is 16.3 Å². The highest BCUT2D eigenvalue weighted by molar-refractivity contribution is 7.89. The summed E-state index contributed by atoms with van der Waals surface area (Å²) in [5, 5.41) is 2.81. The molecule has 0 aliphatic rings. The molecule has 1 aromatic rings. The molecule has 118 valence electrons. The van der Waals surface area contributed by atoms with Crippen molar-refractivity contribution in [2.75, 3.05) is 0 Å². The Kier molecular flexibility index (Phi) is 4.85. The van der Waals surface area contributed by atoms with Gasteiger partial charge in [-0.2, -0.15) is 0 Å². The van der Waals surface area contributed by atoms with Gasteiger partial charge >= 0.3 is 0 Å². The Morgan fingerprint density at radius 1 is 1.00 bits per heavy atom. The lowest BCUT2D eigenvalue weighted by Crippen LogP contribution is -2.41. The van der Waals surface area contributed by atoms with Crippen molar-refractivity contribution in [2.24, 2.45) is 0 Å². The second-order valence-corrected chi connectivity index (χ2v) is 8.77. The number of hydrogen-bond donors (Lipinski definition) is 2. The van der Waals surface area contributed by atoms with Crippen molar-refractivity contribution in [1.29, 1.82) is 0 Å². The van der Waals surface area contributed by atoms with Gasteiger partial charge in [-0.25, -0.2) is 13.1 Å². The van der Waals surface area contributed by atoms with Crippen LogP contribution in [0.5, 0.6) is 0 Å². The van der Waals surface area contributed by atoms with Crippen LogP contribution >= 0.6 is 0 Å². The average Bonchev–Trinajstić information content (AvgIpc) is 2.23. The lowest BCUT2D eigenvalue weighted by Gasteiger charge is -2.22. The number of rotatable bonds is 3. The molecule has 0 heterocycles. The molecular weight excluding hydrogens is 288 g/mol. The van der Waals surface area contributed by atoms with E-state index in [9.17, 15) is 13.2 Å². The SMILES string of the molecule is CC(C)(C)NC(=O)c1cccc(S(=O)(=O)NC(C)(C)C)c1. The van der Waals surface area contributed by atoms with Crippen molar-refractivity contribution in [3.05, 3.63) is 29.8 Å². The molecule has 5 nitrogen and oxygen atoms in total. The van der Waals surface area contributed by atoms with Crippen LogP contribution in [0.25, 0.3) is 0 Å². The molecular formula is C15H24N2O3S. The molecule has 1 rings (SSSR count). The summed E-state index contributed by atoms with van der Waals surface area (Å²) in [6.07, 6.45) is 0. The van der Waals surface area contributed by atoms with Gasteiger partial charge in [0.1, 0.15) is 0 Å². The van der Waals surface area contributed by atoms with Crippen LogP contribution in [0.15, 0.2) is 29.2 Å². The Morgan fingerprint density at radius 2 is 1.57 bits per heavy atom. The zero-order valence-electron chi connectivity index (χ0n) is 13.4. The van der Waals surface area contributed by atoms with Gasteiger partial charge in [-0.1, -0.05) is 6.07 Å². The largest absolute Gasteiger partial charge is 0.347 e. The number of carbonyl (C=O) groups is 1. The standard InChI is InChI=1S/C15H24N2O3S/c1-14(2,3)16-13(18)11-8-7-9-12(10-11)21(19,20)17-15(4,5)6/h7-10,17H,1-6H3,(H,16,18). The molecule has 21 heavy (non-hydrogen) atoms. The molecule has 0 bridgehead atoms. The van der Waals surface area contributed by atoms with E-state index in [1.807, 2.05) is 20.8 Å². The zero-order valence-corrected chi connectivity index (χ0v) is 14.3. The van der Waals surface area contributed by atoms with Crippen LogP contribution in [-0.4, -0.2) is 25.4 Å². The third-order valence-electron chi connectivity index (χ3n) is 2.34. The van der Waals surface area contributed by atoms with Crippen molar-refractivity contribution in [2.45, 2.75) is 57.5 Å². The molecule has 1 amide bonds. The Bertz CT molecular complexity index is 623. The van der Waals surface area contributed by atoms with E-state index in [0.29, 0.717) is 5.56 Å². The van der Waals surface area contributed by atoms with Crippen LogP contribution in [0.2, 0.25) is 0 Å². The predicted molar refractivity (Wildman–Crippen MR) is 83.7 cm³/mol. The third-order valence-corrected chi connectivity index (χ3v) is 4.09. The van der Waals surface area contributed by atoms with Gasteiger partial charge in [0.25, 0.3) is 5.91 Å². The molecule has 0 radical (unpaired) electrons. The summed E-state index contributed by atoms with van der Waals surface area (Å²) in [5.74, 6) is -0.296. The molecule has 2 N–H and O–H groups in total. The van der Waals surface area contributed by atoms with E-state index in [1.165, 1.54) is 12.1 Å². The van der Waals surface area contributed by atoms with Crippen LogP contribution in [-0.2, 0) is 10.0 Å². The number of carbonyl (C=O) groups excluding carboxylic acids is 1. The maximum Gasteiger partial charge on any atom is 0.251 e. The first-order chi connectivity index (χ1) is 9.30. The fraction of sp³-hybridized carbons (Fsp3) is 0.533. The lowest BCUT2D eigenvalue weighted by molar-refractivity contribution is 0.0919. The normalized spacial score (nSPS) is 13.0. The van der Waals surface area contributed by atoms with Gasteiger partial charge < -0.3 is 5.32 Å². The molecule has 1 aromatic carbocycles. The average molecular weight is 312 g/mol. The number of hydrogen-bond acceptors (Lipinski definition) is 3. The third kappa shape index (κ3) is 5.85. The Morgan fingerprint density at radius 3 is 2.05 bits per heavy atom. The fourth-order valence-electron chi connectivity index (χ4n) is 1.68. The second-order valence-electron chi connectivity index (χ2n) is 7.09. The second kappa shape index (κ2) is 5.77. The minimum atomic E-state index is -3.65. The molecule has 0 atom stereocenters. The minimum absolute atomic E-state index is 0.0824. The monoisotopic (exact) mass is 312 g/mol. The highest BCUT2D eigenvalue weighted by Gasteiger charge is 2.23. The lowest BCUT2D eigenvalue weighted by atomic mass is 10.1. The van der Waals surface area contributed by atoms with E-state index in [4.69, 9.17) is 0 Å². The highest BCUT2D eigenvalue weighted by Crippen LogP contribution is 2.15. The van der Waals surface area contributed by atoms with Crippen LogP contribution < -0.4 is 10.0 Å². The first kappa shape index (κ1) is 17.7. The molecule has 0 aliphatic heterocycles. The fourth-order valence-corrected chi connectivity index (χ4v) is 3.14. The van der Waals surface area contributed by atoms with E-state index in [0.717, 1.165) is 0 Å². The van der Waals surface area contributed by atoms with Gasteiger partial charge in [-0.3, -0.25) is 4.79 Å². The first-order valence-corrected chi connectivity index (χ1v) is 8.25. The van der Waals surface area contributed by atoms with Gasteiger partial charge in [-0.05, 0) is 59.7 Å². The van der Waals surface area contributed by atoms with E-state index >= 15 is 0 Å². The van der Waals surface area contributed by atoms with E-state index in [2.05, 4.69) is 10.0 Å². The zero-order chi connectivity index (χ0) is 16.5. The molecule has 6 heteroatoms. The molecule has 0 unspecified atom stereocenters. The summed E-state index contributed by atoms with van der Waals surface area (Å²) >= 11 is 0. The van der Waals surface area contributed by atoms with Crippen molar-refractivity contribution in [3.63, 3.8) is 0 Å².